The molecule has 0 fully saturated rings. The zero-order valence-electron chi connectivity index (χ0n) is 11.4. The fraction of sp³-hybridized carbons (Fsp3) is 0.286. The third-order valence-corrected chi connectivity index (χ3v) is 3.95. The summed E-state index contributed by atoms with van der Waals surface area (Å²) < 4.78 is 1.97. The summed E-state index contributed by atoms with van der Waals surface area (Å²) in [6.07, 6.45) is 7.35. The Labute approximate surface area is 126 Å². The molecule has 0 spiro atoms. The van der Waals surface area contributed by atoms with Gasteiger partial charge in [-0.25, -0.2) is 15.7 Å². The fourth-order valence-corrected chi connectivity index (χ4v) is 2.70. The normalized spacial score (nSPS) is 13.3. The second kappa shape index (κ2) is 7.72. The summed E-state index contributed by atoms with van der Waals surface area (Å²) in [6, 6.07) is 4.03. The van der Waals surface area contributed by atoms with E-state index in [2.05, 4.69) is 9.82 Å². The molecule has 1 atom stereocenters. The van der Waals surface area contributed by atoms with Crippen molar-refractivity contribution in [2.24, 2.45) is 5.90 Å². The lowest BCUT2D eigenvalue weighted by atomic mass is 10.1. The van der Waals surface area contributed by atoms with Gasteiger partial charge in [0, 0.05) is 23.8 Å². The summed E-state index contributed by atoms with van der Waals surface area (Å²) in [5, 5.41) is 10.9. The molecule has 1 unspecified atom stereocenters. The van der Waals surface area contributed by atoms with Crippen LogP contribution in [-0.2, 0) is 16.2 Å². The van der Waals surface area contributed by atoms with Gasteiger partial charge in [0.15, 0.2) is 6.10 Å². The van der Waals surface area contributed by atoms with E-state index in [9.17, 15) is 4.79 Å². The van der Waals surface area contributed by atoms with Crippen molar-refractivity contribution >= 4 is 22.9 Å². The molecule has 6 nitrogen and oxygen atoms in total. The van der Waals surface area contributed by atoms with E-state index >= 15 is 0 Å². The van der Waals surface area contributed by atoms with Gasteiger partial charge in [-0.3, -0.25) is 4.84 Å². The quantitative estimate of drug-likeness (QED) is 0.729. The highest BCUT2D eigenvalue weighted by atomic mass is 32.1. The molecule has 0 radical (unpaired) electrons. The Hall–Kier alpha value is -1.96. The van der Waals surface area contributed by atoms with E-state index in [0.717, 1.165) is 10.5 Å². The van der Waals surface area contributed by atoms with E-state index in [4.69, 9.17) is 11.0 Å². The van der Waals surface area contributed by atoms with E-state index in [1.807, 2.05) is 34.4 Å². The standard InChI is InChI=1S/C14H17N3O3S/c15-20-12(14(18)19)4-1-3-11(13-5-2-8-21-13)9-17-7-6-16-10-17/h2-3,5-8,10,12H,1,4,9,15H2,(H,18,19)/b11-3-. The first-order chi connectivity index (χ1) is 10.2. The molecular formula is C14H17N3O3S. The number of nitrogens with zero attached hydrogens (tertiary/aromatic N) is 2. The third-order valence-electron chi connectivity index (χ3n) is 3.01. The number of hydrogen-bond acceptors (Lipinski definition) is 5. The van der Waals surface area contributed by atoms with Crippen molar-refractivity contribution in [2.45, 2.75) is 25.5 Å². The van der Waals surface area contributed by atoms with Gasteiger partial charge < -0.3 is 9.67 Å². The lowest BCUT2D eigenvalue weighted by Gasteiger charge is -2.09. The maximum absolute atomic E-state index is 10.9. The van der Waals surface area contributed by atoms with E-state index in [-0.39, 0.29) is 0 Å². The molecule has 0 amide bonds. The minimum absolute atomic E-state index is 0.338. The van der Waals surface area contributed by atoms with Crippen molar-refractivity contribution in [2.75, 3.05) is 0 Å². The summed E-state index contributed by atoms with van der Waals surface area (Å²) in [5.74, 6) is 3.94. The van der Waals surface area contributed by atoms with Gasteiger partial charge in [-0.15, -0.1) is 11.3 Å². The number of imidazole rings is 1. The van der Waals surface area contributed by atoms with Crippen LogP contribution >= 0.6 is 11.3 Å². The SMILES string of the molecule is NOC(CC/C=C(/Cn1ccnc1)c1cccs1)C(=O)O. The van der Waals surface area contributed by atoms with Gasteiger partial charge in [0.05, 0.1) is 6.33 Å². The Morgan fingerprint density at radius 3 is 3.05 bits per heavy atom. The van der Waals surface area contributed by atoms with Crippen LogP contribution in [0.25, 0.3) is 5.57 Å². The zero-order chi connectivity index (χ0) is 15.1. The molecule has 2 aromatic rings. The molecule has 0 aliphatic carbocycles. The highest BCUT2D eigenvalue weighted by molar-refractivity contribution is 7.11. The second-order valence-electron chi connectivity index (χ2n) is 4.48. The number of thiophene rings is 1. The molecule has 0 bridgehead atoms. The Morgan fingerprint density at radius 2 is 2.48 bits per heavy atom. The average molecular weight is 307 g/mol. The first-order valence-electron chi connectivity index (χ1n) is 6.47. The number of rotatable bonds is 8. The van der Waals surface area contributed by atoms with Crippen LogP contribution in [0.2, 0.25) is 0 Å². The van der Waals surface area contributed by atoms with Gasteiger partial charge in [0.2, 0.25) is 0 Å². The molecule has 7 heteroatoms. The van der Waals surface area contributed by atoms with Crippen molar-refractivity contribution < 1.29 is 14.7 Å². The molecular weight excluding hydrogens is 290 g/mol. The van der Waals surface area contributed by atoms with Gasteiger partial charge in [0.25, 0.3) is 0 Å². The maximum atomic E-state index is 10.9. The Balaban J connectivity index is 2.05. The van der Waals surface area contributed by atoms with Gasteiger partial charge in [-0.05, 0) is 29.9 Å². The molecule has 2 rings (SSSR count). The monoisotopic (exact) mass is 307 g/mol. The largest absolute Gasteiger partial charge is 0.479 e. The van der Waals surface area contributed by atoms with Gasteiger partial charge in [-0.1, -0.05) is 12.1 Å². The number of hydrogen-bond donors (Lipinski definition) is 2. The number of carboxylic acids is 1. The maximum Gasteiger partial charge on any atom is 0.334 e. The van der Waals surface area contributed by atoms with Crippen molar-refractivity contribution in [3.63, 3.8) is 0 Å². The fourth-order valence-electron chi connectivity index (χ4n) is 1.94. The highest BCUT2D eigenvalue weighted by Crippen LogP contribution is 2.23. The van der Waals surface area contributed by atoms with E-state index in [1.165, 1.54) is 0 Å². The van der Waals surface area contributed by atoms with E-state index in [0.29, 0.717) is 19.4 Å². The molecule has 0 aliphatic rings. The number of allylic oxidation sites excluding steroid dienone is 2. The summed E-state index contributed by atoms with van der Waals surface area (Å²) >= 11 is 1.65. The summed E-state index contributed by atoms with van der Waals surface area (Å²) in [7, 11) is 0. The van der Waals surface area contributed by atoms with Crippen LogP contribution in [0.4, 0.5) is 0 Å². The van der Waals surface area contributed by atoms with Crippen LogP contribution in [0.1, 0.15) is 17.7 Å². The predicted octanol–water partition coefficient (Wildman–Crippen LogP) is 2.15. The van der Waals surface area contributed by atoms with Gasteiger partial charge in [-0.2, -0.15) is 0 Å². The smallest absolute Gasteiger partial charge is 0.334 e. The molecule has 112 valence electrons. The minimum Gasteiger partial charge on any atom is -0.479 e. The highest BCUT2D eigenvalue weighted by Gasteiger charge is 2.16. The van der Waals surface area contributed by atoms with Crippen LogP contribution in [-0.4, -0.2) is 26.7 Å². The van der Waals surface area contributed by atoms with Crippen molar-refractivity contribution in [1.82, 2.24) is 9.55 Å². The van der Waals surface area contributed by atoms with Crippen LogP contribution in [0, 0.1) is 0 Å². The first-order valence-corrected chi connectivity index (χ1v) is 7.35. The third kappa shape index (κ3) is 4.52. The summed E-state index contributed by atoms with van der Waals surface area (Å²) in [5.41, 5.74) is 1.13. The topological polar surface area (TPSA) is 90.4 Å². The molecule has 0 saturated carbocycles. The Morgan fingerprint density at radius 1 is 1.62 bits per heavy atom. The average Bonchev–Trinajstić information content (AvgIpc) is 3.14. The van der Waals surface area contributed by atoms with Crippen LogP contribution < -0.4 is 5.90 Å². The Kier molecular flexibility index (Phi) is 5.68. The molecule has 0 saturated heterocycles. The lowest BCUT2D eigenvalue weighted by Crippen LogP contribution is -2.26. The van der Waals surface area contributed by atoms with Crippen molar-refractivity contribution in [1.29, 1.82) is 0 Å². The van der Waals surface area contributed by atoms with Crippen molar-refractivity contribution in [3.05, 3.63) is 47.2 Å². The number of aromatic nitrogens is 2. The van der Waals surface area contributed by atoms with Crippen molar-refractivity contribution in [3.8, 4) is 0 Å². The van der Waals surface area contributed by atoms with Crippen LogP contribution in [0.5, 0.6) is 0 Å². The number of aliphatic carboxylic acids is 1. The van der Waals surface area contributed by atoms with E-state index in [1.54, 1.807) is 23.9 Å². The minimum atomic E-state index is -1.04. The lowest BCUT2D eigenvalue weighted by molar-refractivity contribution is -0.151. The van der Waals surface area contributed by atoms with Gasteiger partial charge in [0.1, 0.15) is 0 Å². The van der Waals surface area contributed by atoms with Gasteiger partial charge >= 0.3 is 5.97 Å². The first kappa shape index (κ1) is 15.4. The second-order valence-corrected chi connectivity index (χ2v) is 5.43. The number of carbonyl (C=O) groups is 1. The Bertz CT molecular complexity index is 579. The van der Waals surface area contributed by atoms with Crippen LogP contribution in [0.3, 0.4) is 0 Å². The number of nitrogens with two attached hydrogens (primary N) is 1. The molecule has 3 N–H and O–H groups in total. The molecule has 2 heterocycles. The molecule has 2 aromatic heterocycles. The molecule has 21 heavy (non-hydrogen) atoms. The van der Waals surface area contributed by atoms with Crippen LogP contribution in [0.15, 0.2) is 42.3 Å². The zero-order valence-corrected chi connectivity index (χ0v) is 12.2. The van der Waals surface area contributed by atoms with E-state index < -0.39 is 12.1 Å². The summed E-state index contributed by atoms with van der Waals surface area (Å²) in [6.45, 7) is 0.696. The summed E-state index contributed by atoms with van der Waals surface area (Å²) in [4.78, 5) is 20.5. The predicted molar refractivity (Wildman–Crippen MR) is 80.5 cm³/mol. The molecule has 0 aromatic carbocycles. The molecule has 0 aliphatic heterocycles. The number of carboxylic acid groups (broad SMARTS) is 1.